The lowest BCUT2D eigenvalue weighted by atomic mass is 10.3. The van der Waals surface area contributed by atoms with Gasteiger partial charge in [0.05, 0.1) is 0 Å². The number of sulfonamides is 1. The lowest BCUT2D eigenvalue weighted by Gasteiger charge is -2.35. The minimum absolute atomic E-state index is 0.132. The zero-order valence-corrected chi connectivity index (χ0v) is 10.2. The summed E-state index contributed by atoms with van der Waals surface area (Å²) in [6.45, 7) is 1.71. The first kappa shape index (κ1) is 13.8. The van der Waals surface area contributed by atoms with Crippen LogP contribution in [-0.2, 0) is 10.0 Å². The van der Waals surface area contributed by atoms with Crippen LogP contribution >= 0.6 is 0 Å². The molecule has 0 spiro atoms. The molecular weight excluding hydrogens is 259 g/mol. The second kappa shape index (κ2) is 4.21. The van der Waals surface area contributed by atoms with E-state index in [0.717, 1.165) is 6.20 Å². The van der Waals surface area contributed by atoms with Crippen LogP contribution in [0.1, 0.15) is 6.92 Å². The summed E-state index contributed by atoms with van der Waals surface area (Å²) in [5, 5.41) is 0. The fourth-order valence-electron chi connectivity index (χ4n) is 1.29. The molecule has 0 aliphatic carbocycles. The summed E-state index contributed by atoms with van der Waals surface area (Å²) in [5.74, 6) is -0.266. The van der Waals surface area contributed by atoms with Crippen molar-refractivity contribution in [3.05, 3.63) is 12.3 Å². The number of hydrogen-bond donors (Lipinski definition) is 0. The predicted molar refractivity (Wildman–Crippen MR) is 56.5 cm³/mol. The van der Waals surface area contributed by atoms with E-state index in [1.54, 1.807) is 6.92 Å². The van der Waals surface area contributed by atoms with Gasteiger partial charge in [0.2, 0.25) is 5.96 Å². The highest BCUT2D eigenvalue weighted by Gasteiger charge is 2.51. The predicted octanol–water partition coefficient (Wildman–Crippen LogP) is 0.971. The molecule has 0 saturated heterocycles. The maximum atomic E-state index is 12.4. The van der Waals surface area contributed by atoms with Crippen molar-refractivity contribution in [2.24, 2.45) is 4.99 Å². The number of likely N-dealkylation sites (N-methyl/N-ethyl adjacent to an activating group) is 1. The van der Waals surface area contributed by atoms with Gasteiger partial charge in [-0.3, -0.25) is 4.99 Å². The zero-order valence-electron chi connectivity index (χ0n) is 9.43. The second-order valence-corrected chi connectivity index (χ2v) is 5.27. The average molecular weight is 271 g/mol. The molecule has 0 amide bonds. The Hall–Kier alpha value is -1.25. The van der Waals surface area contributed by atoms with Crippen LogP contribution in [0.25, 0.3) is 0 Å². The number of guanidine groups is 1. The van der Waals surface area contributed by atoms with Gasteiger partial charge < -0.3 is 4.90 Å². The third-order valence-corrected chi connectivity index (χ3v) is 3.76. The van der Waals surface area contributed by atoms with Gasteiger partial charge in [-0.15, -0.1) is 0 Å². The number of halogens is 3. The van der Waals surface area contributed by atoms with Gasteiger partial charge in [-0.1, -0.05) is 0 Å². The molecule has 1 atom stereocenters. The Balaban J connectivity index is 3.29. The topological polar surface area (TPSA) is 53.0 Å². The van der Waals surface area contributed by atoms with Crippen LogP contribution in [0.2, 0.25) is 0 Å². The summed E-state index contributed by atoms with van der Waals surface area (Å²) in [5.41, 5.74) is -5.35. The van der Waals surface area contributed by atoms with Crippen molar-refractivity contribution in [2.75, 3.05) is 14.1 Å². The Morgan fingerprint density at radius 1 is 1.41 bits per heavy atom. The van der Waals surface area contributed by atoms with Gasteiger partial charge in [0.15, 0.2) is 0 Å². The van der Waals surface area contributed by atoms with Gasteiger partial charge in [0.1, 0.15) is 0 Å². The molecule has 0 fully saturated rings. The van der Waals surface area contributed by atoms with Crippen molar-refractivity contribution in [1.82, 2.24) is 9.21 Å². The molecule has 9 heteroatoms. The van der Waals surface area contributed by atoms with E-state index < -0.39 is 15.5 Å². The molecule has 0 aromatic carbocycles. The molecule has 0 saturated carbocycles. The van der Waals surface area contributed by atoms with Gasteiger partial charge >= 0.3 is 15.5 Å². The van der Waals surface area contributed by atoms with Gasteiger partial charge in [0, 0.05) is 26.3 Å². The number of nitrogens with zero attached hydrogens (tertiary/aromatic N) is 3. The monoisotopic (exact) mass is 271 g/mol. The lowest BCUT2D eigenvalue weighted by molar-refractivity contribution is -0.0467. The summed E-state index contributed by atoms with van der Waals surface area (Å²) in [6, 6.07) is -0.228. The minimum Gasteiger partial charge on any atom is -0.339 e. The van der Waals surface area contributed by atoms with E-state index in [0.29, 0.717) is 0 Å². The van der Waals surface area contributed by atoms with E-state index in [4.69, 9.17) is 0 Å². The van der Waals surface area contributed by atoms with Gasteiger partial charge in [0.25, 0.3) is 0 Å². The molecule has 98 valence electrons. The molecule has 0 aromatic heterocycles. The van der Waals surface area contributed by atoms with Crippen LogP contribution in [0.3, 0.4) is 0 Å². The van der Waals surface area contributed by atoms with E-state index in [1.165, 1.54) is 25.1 Å². The molecule has 17 heavy (non-hydrogen) atoms. The number of aliphatic imine (C=N–C) groups is 1. The highest BCUT2D eigenvalue weighted by atomic mass is 32.2. The van der Waals surface area contributed by atoms with E-state index in [2.05, 4.69) is 4.99 Å². The van der Waals surface area contributed by atoms with E-state index >= 15 is 0 Å². The largest absolute Gasteiger partial charge is 0.517 e. The average Bonchev–Trinajstić information content (AvgIpc) is 2.19. The number of hydrogen-bond acceptors (Lipinski definition) is 3. The molecule has 0 aromatic rings. The highest BCUT2D eigenvalue weighted by Crippen LogP contribution is 2.29. The third kappa shape index (κ3) is 2.24. The van der Waals surface area contributed by atoms with Crippen molar-refractivity contribution in [3.63, 3.8) is 0 Å². The smallest absolute Gasteiger partial charge is 0.339 e. The van der Waals surface area contributed by atoms with Crippen molar-refractivity contribution >= 4 is 16.0 Å². The molecule has 5 nitrogen and oxygen atoms in total. The van der Waals surface area contributed by atoms with E-state index in [1.807, 2.05) is 0 Å². The summed E-state index contributed by atoms with van der Waals surface area (Å²) < 4.78 is 59.9. The van der Waals surface area contributed by atoms with Crippen LogP contribution in [-0.4, -0.2) is 49.2 Å². The Morgan fingerprint density at radius 3 is 2.35 bits per heavy atom. The standard InChI is InChI=1S/C8H12F3N3O2S/c1-6-4-5-14(7(12-2)13(6)3)17(15,16)8(9,10)11/h4-6H,1-3H3. The van der Waals surface area contributed by atoms with Crippen molar-refractivity contribution < 1.29 is 21.6 Å². The molecule has 1 rings (SSSR count). The Kier molecular flexibility index (Phi) is 3.42. The molecule has 0 N–H and O–H groups in total. The summed E-state index contributed by atoms with van der Waals surface area (Å²) in [6.07, 6.45) is 2.22. The number of rotatable bonds is 1. The van der Waals surface area contributed by atoms with Crippen LogP contribution in [0.15, 0.2) is 17.3 Å². The summed E-state index contributed by atoms with van der Waals surface area (Å²) in [4.78, 5) is 4.91. The van der Waals surface area contributed by atoms with Crippen LogP contribution in [0, 0.1) is 0 Å². The van der Waals surface area contributed by atoms with Crippen molar-refractivity contribution in [2.45, 2.75) is 18.5 Å². The van der Waals surface area contributed by atoms with Crippen molar-refractivity contribution in [3.8, 4) is 0 Å². The Labute approximate surface area is 97.3 Å². The molecule has 0 radical (unpaired) electrons. The van der Waals surface area contributed by atoms with Gasteiger partial charge in [-0.05, 0) is 13.0 Å². The fraction of sp³-hybridized carbons (Fsp3) is 0.625. The molecule has 1 aliphatic heterocycles. The second-order valence-electron chi connectivity index (χ2n) is 3.46. The molecule has 1 unspecified atom stereocenters. The van der Waals surface area contributed by atoms with E-state index in [-0.39, 0.29) is 16.3 Å². The molecule has 1 aliphatic rings. The lowest BCUT2D eigenvalue weighted by Crippen LogP contribution is -2.52. The summed E-state index contributed by atoms with van der Waals surface area (Å²) in [7, 11) is -2.74. The maximum absolute atomic E-state index is 12.4. The normalized spacial score (nSPS) is 24.6. The first-order valence-electron chi connectivity index (χ1n) is 4.61. The van der Waals surface area contributed by atoms with Crippen LogP contribution < -0.4 is 0 Å². The molecule has 1 heterocycles. The molecule has 0 bridgehead atoms. The quantitative estimate of drug-likeness (QED) is 0.714. The third-order valence-electron chi connectivity index (χ3n) is 2.37. The minimum atomic E-state index is -5.44. The Bertz CT molecular complexity index is 455. The Morgan fingerprint density at radius 2 is 1.94 bits per heavy atom. The molecular formula is C8H12F3N3O2S. The first-order chi connectivity index (χ1) is 7.63. The van der Waals surface area contributed by atoms with Gasteiger partial charge in [-0.2, -0.15) is 21.6 Å². The van der Waals surface area contributed by atoms with Gasteiger partial charge in [-0.25, -0.2) is 4.31 Å². The SMILES string of the molecule is CN=C1N(C)C(C)C=CN1S(=O)(=O)C(F)(F)F. The number of alkyl halides is 3. The van der Waals surface area contributed by atoms with Crippen molar-refractivity contribution in [1.29, 1.82) is 0 Å². The summed E-state index contributed by atoms with van der Waals surface area (Å²) >= 11 is 0. The van der Waals surface area contributed by atoms with E-state index in [9.17, 15) is 21.6 Å². The van der Waals surface area contributed by atoms with Crippen LogP contribution in [0.4, 0.5) is 13.2 Å². The fourth-order valence-corrected chi connectivity index (χ4v) is 2.17. The zero-order chi connectivity index (χ0) is 13.4. The maximum Gasteiger partial charge on any atom is 0.517 e. The highest BCUT2D eigenvalue weighted by molar-refractivity contribution is 7.90. The first-order valence-corrected chi connectivity index (χ1v) is 6.05. The van der Waals surface area contributed by atoms with Crippen LogP contribution in [0.5, 0.6) is 0 Å².